The Hall–Kier alpha value is -1.70. The molecule has 1 aromatic heterocycles. The number of hydrogen-bond donors (Lipinski definition) is 1. The molecule has 0 aliphatic carbocycles. The van der Waals surface area contributed by atoms with E-state index in [1.165, 1.54) is 24.3 Å². The Morgan fingerprint density at radius 2 is 2.00 bits per heavy atom. The van der Waals surface area contributed by atoms with Crippen LogP contribution in [-0.2, 0) is 10.0 Å². The molecule has 0 aliphatic heterocycles. The molecule has 0 radical (unpaired) electrons. The predicted molar refractivity (Wildman–Crippen MR) is 67.1 cm³/mol. The molecule has 2 N–H and O–H groups in total. The van der Waals surface area contributed by atoms with Crippen molar-refractivity contribution in [3.8, 4) is 11.6 Å². The monoisotopic (exact) mass is 302 g/mol. The van der Waals surface area contributed by atoms with Crippen LogP contribution in [0.3, 0.4) is 0 Å². The number of ether oxygens (including phenoxy) is 1. The van der Waals surface area contributed by atoms with Crippen LogP contribution in [0.5, 0.6) is 11.6 Å². The van der Waals surface area contributed by atoms with Gasteiger partial charge >= 0.3 is 0 Å². The van der Waals surface area contributed by atoms with Gasteiger partial charge in [-0.2, -0.15) is 0 Å². The molecule has 2 aromatic rings. The zero-order valence-electron chi connectivity index (χ0n) is 9.38. The summed E-state index contributed by atoms with van der Waals surface area (Å²) in [5.74, 6) is -0.149. The summed E-state index contributed by atoms with van der Waals surface area (Å²) in [6.45, 7) is 0. The molecule has 0 bridgehead atoms. The van der Waals surface area contributed by atoms with Gasteiger partial charge in [0.25, 0.3) is 0 Å². The lowest BCUT2D eigenvalue weighted by Crippen LogP contribution is -2.12. The van der Waals surface area contributed by atoms with Gasteiger partial charge < -0.3 is 4.74 Å². The summed E-state index contributed by atoms with van der Waals surface area (Å²) in [6, 6.07) is 6.39. The Balaban J connectivity index is 2.22. The van der Waals surface area contributed by atoms with E-state index in [1.54, 1.807) is 0 Å². The van der Waals surface area contributed by atoms with E-state index in [0.29, 0.717) is 0 Å². The fourth-order valence-electron chi connectivity index (χ4n) is 1.26. The standard InChI is InChI=1S/C11H8ClFN2O3S/c12-9-5-7(1-3-10(9)13)18-11-4-2-8(6-15-11)19(14,16)17/h1-6H,(H2,14,16,17). The molecule has 0 amide bonds. The number of pyridine rings is 1. The van der Waals surface area contributed by atoms with Crippen molar-refractivity contribution in [2.75, 3.05) is 0 Å². The normalized spacial score (nSPS) is 11.3. The molecular formula is C11H8ClFN2O3S. The lowest BCUT2D eigenvalue weighted by atomic mass is 10.3. The van der Waals surface area contributed by atoms with E-state index in [9.17, 15) is 12.8 Å². The quantitative estimate of drug-likeness (QED) is 0.943. The first-order valence-electron chi connectivity index (χ1n) is 4.98. The van der Waals surface area contributed by atoms with Crippen molar-refractivity contribution in [2.45, 2.75) is 4.90 Å². The molecule has 8 heteroatoms. The number of rotatable bonds is 3. The van der Waals surface area contributed by atoms with Crippen molar-refractivity contribution in [3.05, 3.63) is 47.4 Å². The number of primary sulfonamides is 1. The van der Waals surface area contributed by atoms with Gasteiger partial charge in [-0.1, -0.05) is 11.6 Å². The maximum absolute atomic E-state index is 12.9. The Morgan fingerprint density at radius 1 is 1.26 bits per heavy atom. The molecule has 100 valence electrons. The summed E-state index contributed by atoms with van der Waals surface area (Å²) in [7, 11) is -3.79. The van der Waals surface area contributed by atoms with Crippen molar-refractivity contribution in [1.82, 2.24) is 4.98 Å². The fourth-order valence-corrected chi connectivity index (χ4v) is 1.88. The molecule has 0 saturated carbocycles. The highest BCUT2D eigenvalue weighted by Gasteiger charge is 2.09. The second kappa shape index (κ2) is 5.12. The van der Waals surface area contributed by atoms with Crippen LogP contribution in [0.1, 0.15) is 0 Å². The molecule has 19 heavy (non-hydrogen) atoms. The molecule has 5 nitrogen and oxygen atoms in total. The number of hydrogen-bond acceptors (Lipinski definition) is 4. The lowest BCUT2D eigenvalue weighted by Gasteiger charge is -2.05. The van der Waals surface area contributed by atoms with Gasteiger partial charge in [0.15, 0.2) is 0 Å². The van der Waals surface area contributed by atoms with Gasteiger partial charge in [0.05, 0.1) is 11.2 Å². The summed E-state index contributed by atoms with van der Waals surface area (Å²) < 4.78 is 40.3. The van der Waals surface area contributed by atoms with Crippen LogP contribution < -0.4 is 9.88 Å². The molecule has 0 saturated heterocycles. The molecule has 1 aromatic carbocycles. The van der Waals surface area contributed by atoms with Crippen LogP contribution in [0.2, 0.25) is 5.02 Å². The van der Waals surface area contributed by atoms with Crippen molar-refractivity contribution in [1.29, 1.82) is 0 Å². The molecule has 2 rings (SSSR count). The van der Waals surface area contributed by atoms with Crippen LogP contribution in [-0.4, -0.2) is 13.4 Å². The molecular weight excluding hydrogens is 295 g/mol. The van der Waals surface area contributed by atoms with Gasteiger partial charge in [-0.05, 0) is 18.2 Å². The molecule has 0 aliphatic rings. The van der Waals surface area contributed by atoms with Crippen LogP contribution in [0.4, 0.5) is 4.39 Å². The van der Waals surface area contributed by atoms with E-state index in [-0.39, 0.29) is 21.5 Å². The maximum atomic E-state index is 12.9. The molecule has 0 fully saturated rings. The third kappa shape index (κ3) is 3.40. The van der Waals surface area contributed by atoms with E-state index >= 15 is 0 Å². The zero-order chi connectivity index (χ0) is 14.0. The summed E-state index contributed by atoms with van der Waals surface area (Å²) in [5, 5.41) is 4.84. The number of nitrogens with two attached hydrogens (primary N) is 1. The molecule has 0 atom stereocenters. The third-order valence-electron chi connectivity index (χ3n) is 2.15. The number of sulfonamides is 1. The highest BCUT2D eigenvalue weighted by Crippen LogP contribution is 2.25. The first kappa shape index (κ1) is 13.7. The zero-order valence-corrected chi connectivity index (χ0v) is 11.0. The number of aromatic nitrogens is 1. The first-order chi connectivity index (χ1) is 8.86. The summed E-state index contributed by atoms with van der Waals surface area (Å²) >= 11 is 5.59. The minimum Gasteiger partial charge on any atom is -0.439 e. The second-order valence-corrected chi connectivity index (χ2v) is 5.52. The molecule has 0 unspecified atom stereocenters. The van der Waals surface area contributed by atoms with E-state index in [0.717, 1.165) is 12.3 Å². The van der Waals surface area contributed by atoms with E-state index < -0.39 is 15.8 Å². The van der Waals surface area contributed by atoms with E-state index in [1.807, 2.05) is 0 Å². The van der Waals surface area contributed by atoms with E-state index in [4.69, 9.17) is 21.5 Å². The van der Waals surface area contributed by atoms with Gasteiger partial charge in [-0.25, -0.2) is 22.9 Å². The number of halogens is 2. The third-order valence-corrected chi connectivity index (χ3v) is 3.34. The average Bonchev–Trinajstić information content (AvgIpc) is 2.33. The van der Waals surface area contributed by atoms with Crippen LogP contribution in [0, 0.1) is 5.82 Å². The average molecular weight is 303 g/mol. The predicted octanol–water partition coefficient (Wildman–Crippen LogP) is 2.31. The van der Waals surface area contributed by atoms with Crippen LogP contribution in [0.15, 0.2) is 41.4 Å². The molecule has 0 spiro atoms. The smallest absolute Gasteiger partial charge is 0.239 e. The van der Waals surface area contributed by atoms with Crippen molar-refractivity contribution in [2.24, 2.45) is 5.14 Å². The van der Waals surface area contributed by atoms with Crippen molar-refractivity contribution < 1.29 is 17.5 Å². The van der Waals surface area contributed by atoms with Gasteiger partial charge in [-0.3, -0.25) is 0 Å². The first-order valence-corrected chi connectivity index (χ1v) is 6.90. The lowest BCUT2D eigenvalue weighted by molar-refractivity contribution is 0.460. The second-order valence-electron chi connectivity index (χ2n) is 3.56. The van der Waals surface area contributed by atoms with Crippen molar-refractivity contribution >= 4 is 21.6 Å². The highest BCUT2D eigenvalue weighted by atomic mass is 35.5. The SMILES string of the molecule is NS(=O)(=O)c1ccc(Oc2ccc(F)c(Cl)c2)nc1. The molecule has 1 heterocycles. The highest BCUT2D eigenvalue weighted by molar-refractivity contribution is 7.89. The van der Waals surface area contributed by atoms with Crippen molar-refractivity contribution in [3.63, 3.8) is 0 Å². The Kier molecular flexibility index (Phi) is 3.70. The van der Waals surface area contributed by atoms with Crippen LogP contribution >= 0.6 is 11.6 Å². The van der Waals surface area contributed by atoms with Gasteiger partial charge in [0.1, 0.15) is 16.5 Å². The van der Waals surface area contributed by atoms with Gasteiger partial charge in [0, 0.05) is 12.1 Å². The summed E-state index contributed by atoms with van der Waals surface area (Å²) in [4.78, 5) is 3.65. The van der Waals surface area contributed by atoms with E-state index in [2.05, 4.69) is 4.98 Å². The maximum Gasteiger partial charge on any atom is 0.239 e. The minimum absolute atomic E-state index is 0.0846. The Labute approximate surface area is 113 Å². The van der Waals surface area contributed by atoms with Gasteiger partial charge in [-0.15, -0.1) is 0 Å². The van der Waals surface area contributed by atoms with Crippen LogP contribution in [0.25, 0.3) is 0 Å². The number of benzene rings is 1. The minimum atomic E-state index is -3.79. The fraction of sp³-hybridized carbons (Fsp3) is 0. The van der Waals surface area contributed by atoms with Gasteiger partial charge in [0.2, 0.25) is 15.9 Å². The topological polar surface area (TPSA) is 82.3 Å². The Morgan fingerprint density at radius 3 is 2.53 bits per heavy atom. The summed E-state index contributed by atoms with van der Waals surface area (Å²) in [5.41, 5.74) is 0. The largest absolute Gasteiger partial charge is 0.439 e. The number of nitrogens with zero attached hydrogens (tertiary/aromatic N) is 1. The Bertz CT molecular complexity index is 704. The summed E-state index contributed by atoms with van der Waals surface area (Å²) in [6.07, 6.45) is 1.07.